The standard InChI is InChI=1S/C17H27NO3/c1-3-21-17-5-4-16(11-15(17)12-19)18-13(2)10-14-6-8-20-9-7-14/h4-5,11,13-14,18-19H,3,6-10,12H2,1-2H3. The van der Waals surface area contributed by atoms with Crippen molar-refractivity contribution in [3.05, 3.63) is 23.8 Å². The maximum Gasteiger partial charge on any atom is 0.124 e. The van der Waals surface area contributed by atoms with Crippen molar-refractivity contribution in [2.75, 3.05) is 25.1 Å². The van der Waals surface area contributed by atoms with E-state index in [4.69, 9.17) is 9.47 Å². The van der Waals surface area contributed by atoms with Crippen molar-refractivity contribution >= 4 is 5.69 Å². The summed E-state index contributed by atoms with van der Waals surface area (Å²) < 4.78 is 10.9. The fraction of sp³-hybridized carbons (Fsp3) is 0.647. The summed E-state index contributed by atoms with van der Waals surface area (Å²) in [6, 6.07) is 6.34. The number of ether oxygens (including phenoxy) is 2. The number of anilines is 1. The van der Waals surface area contributed by atoms with Crippen LogP contribution in [0.15, 0.2) is 18.2 Å². The highest BCUT2D eigenvalue weighted by Crippen LogP contribution is 2.25. The summed E-state index contributed by atoms with van der Waals surface area (Å²) >= 11 is 0. The zero-order valence-electron chi connectivity index (χ0n) is 13.1. The molecule has 1 saturated heterocycles. The van der Waals surface area contributed by atoms with Crippen LogP contribution in [-0.2, 0) is 11.3 Å². The number of rotatable bonds is 7. The van der Waals surface area contributed by atoms with E-state index in [0.717, 1.165) is 55.4 Å². The normalized spacial score (nSPS) is 17.5. The van der Waals surface area contributed by atoms with E-state index in [0.29, 0.717) is 12.6 Å². The molecule has 2 N–H and O–H groups in total. The van der Waals surface area contributed by atoms with E-state index in [1.807, 2.05) is 25.1 Å². The second kappa shape index (κ2) is 8.25. The molecule has 1 aliphatic rings. The van der Waals surface area contributed by atoms with E-state index < -0.39 is 0 Å². The van der Waals surface area contributed by atoms with Gasteiger partial charge in [-0.15, -0.1) is 0 Å². The second-order valence-electron chi connectivity index (χ2n) is 5.75. The van der Waals surface area contributed by atoms with E-state index in [-0.39, 0.29) is 6.61 Å². The lowest BCUT2D eigenvalue weighted by Gasteiger charge is -2.26. The molecule has 0 radical (unpaired) electrons. The van der Waals surface area contributed by atoms with Crippen LogP contribution in [0.1, 0.15) is 38.7 Å². The third kappa shape index (κ3) is 4.90. The second-order valence-corrected chi connectivity index (χ2v) is 5.75. The monoisotopic (exact) mass is 293 g/mol. The zero-order chi connectivity index (χ0) is 15.1. The Morgan fingerprint density at radius 2 is 2.14 bits per heavy atom. The molecular weight excluding hydrogens is 266 g/mol. The molecule has 118 valence electrons. The molecule has 1 aliphatic heterocycles. The van der Waals surface area contributed by atoms with Crippen molar-refractivity contribution in [2.45, 2.75) is 45.8 Å². The molecule has 0 amide bonds. The first-order valence-corrected chi connectivity index (χ1v) is 7.93. The molecule has 0 bridgehead atoms. The zero-order valence-corrected chi connectivity index (χ0v) is 13.1. The van der Waals surface area contributed by atoms with Crippen LogP contribution >= 0.6 is 0 Å². The summed E-state index contributed by atoms with van der Waals surface area (Å²) in [6.45, 7) is 6.57. The van der Waals surface area contributed by atoms with Crippen LogP contribution in [0.2, 0.25) is 0 Å². The predicted molar refractivity (Wildman–Crippen MR) is 84.8 cm³/mol. The van der Waals surface area contributed by atoms with Crippen molar-refractivity contribution < 1.29 is 14.6 Å². The number of aliphatic hydroxyl groups excluding tert-OH is 1. The van der Waals surface area contributed by atoms with E-state index in [2.05, 4.69) is 12.2 Å². The minimum atomic E-state index is -0.000796. The number of hydrogen-bond donors (Lipinski definition) is 2. The first-order valence-electron chi connectivity index (χ1n) is 7.93. The summed E-state index contributed by atoms with van der Waals surface area (Å²) in [5.74, 6) is 1.52. The molecule has 0 saturated carbocycles. The van der Waals surface area contributed by atoms with E-state index in [1.165, 1.54) is 0 Å². The van der Waals surface area contributed by atoms with Crippen molar-refractivity contribution in [1.29, 1.82) is 0 Å². The smallest absolute Gasteiger partial charge is 0.124 e. The molecule has 1 atom stereocenters. The largest absolute Gasteiger partial charge is 0.494 e. The Balaban J connectivity index is 1.91. The first-order chi connectivity index (χ1) is 10.2. The summed E-state index contributed by atoms with van der Waals surface area (Å²) in [4.78, 5) is 0. The lowest BCUT2D eigenvalue weighted by atomic mass is 9.93. The minimum absolute atomic E-state index is 0.000796. The SMILES string of the molecule is CCOc1ccc(NC(C)CC2CCOCC2)cc1CO. The summed E-state index contributed by atoms with van der Waals surface area (Å²) in [7, 11) is 0. The summed E-state index contributed by atoms with van der Waals surface area (Å²) in [5.41, 5.74) is 1.88. The lowest BCUT2D eigenvalue weighted by Crippen LogP contribution is -2.24. The lowest BCUT2D eigenvalue weighted by molar-refractivity contribution is 0.0629. The number of benzene rings is 1. The predicted octanol–water partition coefficient (Wildman–Crippen LogP) is 3.19. The van der Waals surface area contributed by atoms with Gasteiger partial charge in [-0.1, -0.05) is 0 Å². The van der Waals surface area contributed by atoms with Gasteiger partial charge in [-0.25, -0.2) is 0 Å². The van der Waals surface area contributed by atoms with Gasteiger partial charge in [0.05, 0.1) is 13.2 Å². The third-order valence-corrected chi connectivity index (χ3v) is 3.97. The summed E-state index contributed by atoms with van der Waals surface area (Å²) in [6.07, 6.45) is 3.49. The van der Waals surface area contributed by atoms with E-state index in [1.54, 1.807) is 0 Å². The Labute approximate surface area is 127 Å². The van der Waals surface area contributed by atoms with Gasteiger partial charge in [0.25, 0.3) is 0 Å². The van der Waals surface area contributed by atoms with Gasteiger partial charge in [-0.05, 0) is 57.2 Å². The van der Waals surface area contributed by atoms with Crippen LogP contribution in [0.4, 0.5) is 5.69 Å². The number of nitrogens with one attached hydrogen (secondary N) is 1. The van der Waals surface area contributed by atoms with Crippen LogP contribution in [0.5, 0.6) is 5.75 Å². The molecule has 0 spiro atoms. The highest BCUT2D eigenvalue weighted by Gasteiger charge is 2.17. The minimum Gasteiger partial charge on any atom is -0.494 e. The third-order valence-electron chi connectivity index (χ3n) is 3.97. The van der Waals surface area contributed by atoms with Crippen LogP contribution in [0.25, 0.3) is 0 Å². The highest BCUT2D eigenvalue weighted by molar-refractivity contribution is 5.51. The molecule has 0 aromatic heterocycles. The van der Waals surface area contributed by atoms with Gasteiger partial charge < -0.3 is 19.9 Å². The van der Waals surface area contributed by atoms with Crippen molar-refractivity contribution in [1.82, 2.24) is 0 Å². The van der Waals surface area contributed by atoms with Crippen molar-refractivity contribution in [3.63, 3.8) is 0 Å². The molecule has 1 heterocycles. The van der Waals surface area contributed by atoms with Gasteiger partial charge in [-0.2, -0.15) is 0 Å². The van der Waals surface area contributed by atoms with Gasteiger partial charge in [0.2, 0.25) is 0 Å². The molecule has 1 unspecified atom stereocenters. The van der Waals surface area contributed by atoms with Gasteiger partial charge in [0.1, 0.15) is 5.75 Å². The van der Waals surface area contributed by atoms with Crippen molar-refractivity contribution in [2.24, 2.45) is 5.92 Å². The Hall–Kier alpha value is -1.26. The summed E-state index contributed by atoms with van der Waals surface area (Å²) in [5, 5.41) is 13.0. The van der Waals surface area contributed by atoms with Gasteiger partial charge >= 0.3 is 0 Å². The quantitative estimate of drug-likeness (QED) is 0.810. The average Bonchev–Trinajstić information content (AvgIpc) is 2.50. The Morgan fingerprint density at radius 1 is 1.38 bits per heavy atom. The molecule has 4 nitrogen and oxygen atoms in total. The number of aliphatic hydroxyl groups is 1. The van der Waals surface area contributed by atoms with Crippen LogP contribution in [0, 0.1) is 5.92 Å². The molecule has 21 heavy (non-hydrogen) atoms. The highest BCUT2D eigenvalue weighted by atomic mass is 16.5. The maximum atomic E-state index is 9.44. The molecule has 1 fully saturated rings. The van der Waals surface area contributed by atoms with Crippen molar-refractivity contribution in [3.8, 4) is 5.75 Å². The molecule has 1 aromatic rings. The van der Waals surface area contributed by atoms with E-state index >= 15 is 0 Å². The molecule has 4 heteroatoms. The van der Waals surface area contributed by atoms with Crippen LogP contribution in [-0.4, -0.2) is 31.0 Å². The maximum absolute atomic E-state index is 9.44. The average molecular weight is 293 g/mol. The molecule has 1 aromatic carbocycles. The van der Waals surface area contributed by atoms with Gasteiger partial charge in [-0.3, -0.25) is 0 Å². The van der Waals surface area contributed by atoms with Crippen LogP contribution < -0.4 is 10.1 Å². The number of hydrogen-bond acceptors (Lipinski definition) is 4. The van der Waals surface area contributed by atoms with Crippen LogP contribution in [0.3, 0.4) is 0 Å². The van der Waals surface area contributed by atoms with Gasteiger partial charge in [0, 0.05) is 30.5 Å². The van der Waals surface area contributed by atoms with E-state index in [9.17, 15) is 5.11 Å². The molecular formula is C17H27NO3. The topological polar surface area (TPSA) is 50.7 Å². The fourth-order valence-corrected chi connectivity index (χ4v) is 2.91. The Morgan fingerprint density at radius 3 is 2.81 bits per heavy atom. The molecule has 2 rings (SSSR count). The Kier molecular flexibility index (Phi) is 6.33. The molecule has 0 aliphatic carbocycles. The first kappa shape index (κ1) is 16.1. The Bertz CT molecular complexity index is 430. The fourth-order valence-electron chi connectivity index (χ4n) is 2.91. The van der Waals surface area contributed by atoms with Gasteiger partial charge in [0.15, 0.2) is 0 Å².